The molecular formula is C18H14ClFN4O4. The van der Waals surface area contributed by atoms with Crippen molar-refractivity contribution in [3.63, 3.8) is 0 Å². The van der Waals surface area contributed by atoms with E-state index in [0.29, 0.717) is 10.7 Å². The fourth-order valence-corrected chi connectivity index (χ4v) is 3.37. The van der Waals surface area contributed by atoms with Crippen LogP contribution in [0, 0.1) is 5.82 Å². The lowest BCUT2D eigenvalue weighted by molar-refractivity contribution is -0.132. The first-order valence-corrected chi connectivity index (χ1v) is 8.67. The van der Waals surface area contributed by atoms with Crippen LogP contribution in [0.4, 0.5) is 14.9 Å². The predicted octanol–water partition coefficient (Wildman–Crippen LogP) is 1.81. The Bertz CT molecular complexity index is 984. The topological polar surface area (TPSA) is 109 Å². The zero-order valence-corrected chi connectivity index (χ0v) is 15.0. The Kier molecular flexibility index (Phi) is 4.31. The number of hydrogen-bond acceptors (Lipinski definition) is 5. The molecule has 0 aromatic heterocycles. The maximum atomic E-state index is 13.7. The number of hydrogen-bond donors (Lipinski definition) is 4. The Morgan fingerprint density at radius 2 is 1.96 bits per heavy atom. The molecule has 2 heterocycles. The lowest BCUT2D eigenvalue weighted by Gasteiger charge is -2.36. The van der Waals surface area contributed by atoms with E-state index in [2.05, 4.69) is 21.5 Å². The van der Waals surface area contributed by atoms with Gasteiger partial charge in [0.15, 0.2) is 11.6 Å². The van der Waals surface area contributed by atoms with Crippen LogP contribution < -0.4 is 26.2 Å². The molecule has 4 rings (SSSR count). The quantitative estimate of drug-likeness (QED) is 0.461. The lowest BCUT2D eigenvalue weighted by atomic mass is 9.81. The fraction of sp³-hybridized carbons (Fsp3) is 0.167. The van der Waals surface area contributed by atoms with E-state index < -0.39 is 35.3 Å². The molecule has 8 nitrogen and oxygen atoms in total. The summed E-state index contributed by atoms with van der Waals surface area (Å²) in [5, 5.41) is 5.18. The summed E-state index contributed by atoms with van der Waals surface area (Å²) in [6, 6.07) is 9.46. The van der Waals surface area contributed by atoms with Crippen molar-refractivity contribution in [1.29, 1.82) is 0 Å². The second-order valence-corrected chi connectivity index (χ2v) is 6.82. The number of hydrazine groups is 1. The second-order valence-electron chi connectivity index (χ2n) is 6.39. The summed E-state index contributed by atoms with van der Waals surface area (Å²) < 4.78 is 19.4. The molecule has 0 saturated carbocycles. The minimum absolute atomic E-state index is 0.136. The normalized spacial score (nSPS) is 22.7. The SMILES string of the molecule is O=C1NC(=O)[C@@]2(C[C@@H](C(=O)NNc3ccc(Cl)cc3)Oc3ccc(F)cc32)N1. The van der Waals surface area contributed by atoms with Gasteiger partial charge < -0.3 is 10.1 Å². The van der Waals surface area contributed by atoms with E-state index in [-0.39, 0.29) is 17.7 Å². The monoisotopic (exact) mass is 404 g/mol. The molecule has 28 heavy (non-hydrogen) atoms. The van der Waals surface area contributed by atoms with E-state index in [1.165, 1.54) is 6.07 Å². The molecule has 1 spiro atoms. The molecule has 2 aliphatic heterocycles. The summed E-state index contributed by atoms with van der Waals surface area (Å²) in [5.41, 5.74) is 4.35. The summed E-state index contributed by atoms with van der Waals surface area (Å²) in [7, 11) is 0. The number of halogens is 2. The van der Waals surface area contributed by atoms with Crippen LogP contribution in [-0.4, -0.2) is 23.9 Å². The van der Waals surface area contributed by atoms with Crippen LogP contribution in [0.2, 0.25) is 5.02 Å². The third-order valence-corrected chi connectivity index (χ3v) is 4.82. The minimum Gasteiger partial charge on any atom is -0.480 e. The Hall–Kier alpha value is -3.33. The van der Waals surface area contributed by atoms with Crippen molar-refractivity contribution in [2.75, 3.05) is 5.43 Å². The standard InChI is InChI=1S/C18H14ClFN4O4/c19-9-1-4-11(5-2-9)23-24-15(25)14-8-18(16(26)21-17(27)22-18)12-7-10(20)3-6-13(12)28-14/h1-7,14,23H,8H2,(H,24,25)(H2,21,22,26,27)/t14-,18-/m0/s1. The molecular weight excluding hydrogens is 391 g/mol. The van der Waals surface area contributed by atoms with Crippen LogP contribution in [0.3, 0.4) is 0 Å². The van der Waals surface area contributed by atoms with Gasteiger partial charge in [-0.1, -0.05) is 11.6 Å². The number of benzene rings is 2. The van der Waals surface area contributed by atoms with Crippen LogP contribution in [-0.2, 0) is 15.1 Å². The number of carbonyl (C=O) groups excluding carboxylic acids is 3. The van der Waals surface area contributed by atoms with Gasteiger partial charge in [0.1, 0.15) is 11.6 Å². The van der Waals surface area contributed by atoms with Gasteiger partial charge >= 0.3 is 6.03 Å². The summed E-state index contributed by atoms with van der Waals surface area (Å²) in [6.07, 6.45) is -1.31. The van der Waals surface area contributed by atoms with Gasteiger partial charge in [-0.15, -0.1) is 0 Å². The Labute approximate surface area is 163 Å². The largest absolute Gasteiger partial charge is 0.480 e. The van der Waals surface area contributed by atoms with E-state index in [1.54, 1.807) is 24.3 Å². The summed E-state index contributed by atoms with van der Waals surface area (Å²) in [6.45, 7) is 0. The number of rotatable bonds is 3. The average molecular weight is 405 g/mol. The molecule has 144 valence electrons. The Morgan fingerprint density at radius 1 is 1.21 bits per heavy atom. The van der Waals surface area contributed by atoms with Gasteiger partial charge in [0.25, 0.3) is 11.8 Å². The number of anilines is 1. The van der Waals surface area contributed by atoms with Crippen molar-refractivity contribution in [2.24, 2.45) is 0 Å². The Balaban J connectivity index is 1.58. The second kappa shape index (κ2) is 6.68. The van der Waals surface area contributed by atoms with E-state index in [1.807, 2.05) is 0 Å². The molecule has 0 radical (unpaired) electrons. The summed E-state index contributed by atoms with van der Waals surface area (Å²) in [4.78, 5) is 36.8. The molecule has 2 aliphatic rings. The third-order valence-electron chi connectivity index (χ3n) is 4.57. The van der Waals surface area contributed by atoms with Crippen molar-refractivity contribution >= 4 is 35.1 Å². The highest BCUT2D eigenvalue weighted by atomic mass is 35.5. The molecule has 2 aromatic rings. The van der Waals surface area contributed by atoms with Gasteiger partial charge in [-0.2, -0.15) is 0 Å². The number of fused-ring (bicyclic) bond motifs is 2. The maximum absolute atomic E-state index is 13.7. The van der Waals surface area contributed by atoms with E-state index in [0.717, 1.165) is 12.1 Å². The van der Waals surface area contributed by atoms with Gasteiger partial charge in [0.05, 0.1) is 5.69 Å². The van der Waals surface area contributed by atoms with E-state index in [9.17, 15) is 18.8 Å². The smallest absolute Gasteiger partial charge is 0.322 e. The number of carbonyl (C=O) groups is 3. The van der Waals surface area contributed by atoms with Crippen molar-refractivity contribution in [3.8, 4) is 5.75 Å². The van der Waals surface area contributed by atoms with Gasteiger partial charge in [-0.25, -0.2) is 9.18 Å². The molecule has 0 aliphatic carbocycles. The van der Waals surface area contributed by atoms with Crippen LogP contribution in [0.1, 0.15) is 12.0 Å². The number of ether oxygens (including phenoxy) is 1. The van der Waals surface area contributed by atoms with Gasteiger partial charge in [-0.3, -0.25) is 25.8 Å². The van der Waals surface area contributed by atoms with Gasteiger partial charge in [0.2, 0.25) is 0 Å². The van der Waals surface area contributed by atoms with Crippen LogP contribution >= 0.6 is 11.6 Å². The molecule has 0 bridgehead atoms. The highest BCUT2D eigenvalue weighted by Crippen LogP contribution is 2.41. The molecule has 0 unspecified atom stereocenters. The molecule has 4 N–H and O–H groups in total. The minimum atomic E-state index is -1.59. The molecule has 2 aromatic carbocycles. The first kappa shape index (κ1) is 18.1. The third kappa shape index (κ3) is 3.09. The molecule has 4 amide bonds. The summed E-state index contributed by atoms with van der Waals surface area (Å²) >= 11 is 5.82. The zero-order valence-electron chi connectivity index (χ0n) is 14.2. The maximum Gasteiger partial charge on any atom is 0.322 e. The van der Waals surface area contributed by atoms with Gasteiger partial charge in [-0.05, 0) is 42.5 Å². The highest BCUT2D eigenvalue weighted by Gasteiger charge is 2.54. The van der Waals surface area contributed by atoms with Crippen molar-refractivity contribution in [3.05, 3.63) is 58.9 Å². The van der Waals surface area contributed by atoms with Crippen LogP contribution in [0.25, 0.3) is 0 Å². The average Bonchev–Trinajstić information content (AvgIpc) is 2.95. The molecule has 10 heteroatoms. The van der Waals surface area contributed by atoms with Crippen molar-refractivity contribution in [1.82, 2.24) is 16.1 Å². The van der Waals surface area contributed by atoms with E-state index in [4.69, 9.17) is 16.3 Å². The van der Waals surface area contributed by atoms with Gasteiger partial charge in [0, 0.05) is 17.0 Å². The predicted molar refractivity (Wildman–Crippen MR) is 97.0 cm³/mol. The van der Waals surface area contributed by atoms with Crippen molar-refractivity contribution < 1.29 is 23.5 Å². The number of amides is 4. The first-order valence-electron chi connectivity index (χ1n) is 8.29. The van der Waals surface area contributed by atoms with Crippen LogP contribution in [0.5, 0.6) is 5.75 Å². The van der Waals surface area contributed by atoms with E-state index >= 15 is 0 Å². The lowest BCUT2D eigenvalue weighted by Crippen LogP contribution is -2.54. The molecule has 2 atom stereocenters. The fourth-order valence-electron chi connectivity index (χ4n) is 3.24. The zero-order chi connectivity index (χ0) is 19.9. The van der Waals surface area contributed by atoms with Crippen LogP contribution in [0.15, 0.2) is 42.5 Å². The highest BCUT2D eigenvalue weighted by molar-refractivity contribution is 6.30. The molecule has 1 saturated heterocycles. The summed E-state index contributed by atoms with van der Waals surface area (Å²) in [5.74, 6) is -1.70. The number of nitrogens with one attached hydrogen (secondary N) is 4. The number of urea groups is 1. The Morgan fingerprint density at radius 3 is 2.64 bits per heavy atom. The van der Waals surface area contributed by atoms with Crippen molar-refractivity contribution in [2.45, 2.75) is 18.1 Å². The number of imide groups is 1. The first-order chi connectivity index (χ1) is 13.4. The molecule has 1 fully saturated rings.